The van der Waals surface area contributed by atoms with Crippen molar-refractivity contribution in [3.63, 3.8) is 0 Å². The molecule has 4 rings (SSSR count). The Balaban J connectivity index is 1.24. The molecule has 33 heavy (non-hydrogen) atoms. The molecule has 2 aliphatic rings. The first-order chi connectivity index (χ1) is 15.8. The maximum absolute atomic E-state index is 12.6. The molecule has 0 spiro atoms. The lowest BCUT2D eigenvalue weighted by Gasteiger charge is -2.23. The molecule has 0 aromatic heterocycles. The molecule has 180 valence electrons. The van der Waals surface area contributed by atoms with Crippen LogP contribution in [0.3, 0.4) is 0 Å². The highest BCUT2D eigenvalue weighted by Gasteiger charge is 2.32. The van der Waals surface area contributed by atoms with Crippen molar-refractivity contribution in [1.82, 2.24) is 9.62 Å². The molecule has 0 saturated carbocycles. The number of hydrogen-bond acceptors (Lipinski definition) is 6. The molecule has 1 unspecified atom stereocenters. The molecule has 0 radical (unpaired) electrons. The van der Waals surface area contributed by atoms with E-state index in [1.165, 1.54) is 18.2 Å². The van der Waals surface area contributed by atoms with Gasteiger partial charge in [-0.15, -0.1) is 17.9 Å². The van der Waals surface area contributed by atoms with Gasteiger partial charge in [0.25, 0.3) is 0 Å². The van der Waals surface area contributed by atoms with Gasteiger partial charge in [-0.2, -0.15) is 0 Å². The number of halogens is 3. The van der Waals surface area contributed by atoms with E-state index in [1.54, 1.807) is 0 Å². The molecule has 0 bridgehead atoms. The van der Waals surface area contributed by atoms with E-state index in [9.17, 15) is 17.7 Å². The molecule has 2 saturated heterocycles. The molecule has 2 heterocycles. The van der Waals surface area contributed by atoms with E-state index in [0.717, 1.165) is 62.9 Å². The van der Waals surface area contributed by atoms with Crippen molar-refractivity contribution in [2.24, 2.45) is 0 Å². The third-order valence-corrected chi connectivity index (χ3v) is 6.83. The number of rotatable bonds is 8. The van der Waals surface area contributed by atoms with Crippen LogP contribution in [0.1, 0.15) is 24.8 Å². The molecule has 0 aliphatic carbocycles. The van der Waals surface area contributed by atoms with E-state index in [4.69, 9.17) is 9.47 Å². The third kappa shape index (κ3) is 7.51. The molecule has 2 aliphatic heterocycles. The molecule has 10 heteroatoms. The van der Waals surface area contributed by atoms with Crippen LogP contribution in [0.15, 0.2) is 53.4 Å². The van der Waals surface area contributed by atoms with Gasteiger partial charge in [0.15, 0.2) is 4.90 Å². The van der Waals surface area contributed by atoms with E-state index in [2.05, 4.69) is 26.5 Å². The van der Waals surface area contributed by atoms with Crippen LogP contribution >= 0.6 is 0 Å². The van der Waals surface area contributed by atoms with Crippen molar-refractivity contribution in [2.45, 2.75) is 49.2 Å². The van der Waals surface area contributed by atoms with Gasteiger partial charge >= 0.3 is 6.36 Å². The molecule has 2 aromatic carbocycles. The fraction of sp³-hybridized carbons (Fsp3) is 0.478. The van der Waals surface area contributed by atoms with E-state index in [0.29, 0.717) is 6.54 Å². The van der Waals surface area contributed by atoms with Crippen molar-refractivity contribution >= 4 is 11.4 Å². The average Bonchev–Trinajstić information content (AvgIpc) is 3.21. The standard InChI is InChI=1S/C23H27F3N2O4S/c24-23(25,26)32-21-2-1-3-22(14-21)33(29)27-18-8-11-28(16-18)15-17-4-6-19(7-5-17)31-20-9-12-30-13-10-20/h1-7,14,18,20,27H,8-13,15-16H2/t18-,33?/m1/s1. The Hall–Kier alpha value is -1.98. The Bertz CT molecular complexity index is 894. The lowest BCUT2D eigenvalue weighted by atomic mass is 10.1. The summed E-state index contributed by atoms with van der Waals surface area (Å²) in [6.07, 6.45) is -1.96. The van der Waals surface area contributed by atoms with E-state index >= 15 is 0 Å². The summed E-state index contributed by atoms with van der Waals surface area (Å²) < 4.78 is 68.2. The summed E-state index contributed by atoms with van der Waals surface area (Å²) >= 11 is -1.63. The maximum atomic E-state index is 12.6. The van der Waals surface area contributed by atoms with Crippen LogP contribution in [-0.4, -0.2) is 54.3 Å². The number of benzene rings is 2. The molecule has 6 nitrogen and oxygen atoms in total. The topological polar surface area (TPSA) is 66.0 Å². The zero-order chi connectivity index (χ0) is 23.3. The summed E-state index contributed by atoms with van der Waals surface area (Å²) in [7, 11) is 0. The molecular formula is C23H27F3N2O4S. The zero-order valence-electron chi connectivity index (χ0n) is 18.1. The first-order valence-electron chi connectivity index (χ1n) is 10.9. The van der Waals surface area contributed by atoms with Crippen LogP contribution in [0.25, 0.3) is 0 Å². The van der Waals surface area contributed by atoms with Crippen LogP contribution in [0.4, 0.5) is 13.2 Å². The van der Waals surface area contributed by atoms with Gasteiger partial charge in [-0.1, -0.05) is 18.2 Å². The largest absolute Gasteiger partial charge is 0.593 e. The minimum absolute atomic E-state index is 0.0193. The highest BCUT2D eigenvalue weighted by atomic mass is 32.2. The lowest BCUT2D eigenvalue weighted by molar-refractivity contribution is -0.274. The van der Waals surface area contributed by atoms with Crippen molar-refractivity contribution in [1.29, 1.82) is 0 Å². The van der Waals surface area contributed by atoms with Crippen LogP contribution < -0.4 is 14.2 Å². The van der Waals surface area contributed by atoms with Gasteiger partial charge in [-0.3, -0.25) is 4.90 Å². The van der Waals surface area contributed by atoms with Crippen molar-refractivity contribution in [3.8, 4) is 11.5 Å². The van der Waals surface area contributed by atoms with Crippen molar-refractivity contribution in [2.75, 3.05) is 26.3 Å². The van der Waals surface area contributed by atoms with Crippen LogP contribution in [0, 0.1) is 0 Å². The molecule has 2 fully saturated rings. The van der Waals surface area contributed by atoms with Gasteiger partial charge in [0, 0.05) is 38.5 Å². The number of nitrogens with zero attached hydrogens (tertiary/aromatic N) is 1. The predicted octanol–water partition coefficient (Wildman–Crippen LogP) is 4.03. The highest BCUT2D eigenvalue weighted by Crippen LogP contribution is 2.26. The Labute approximate surface area is 194 Å². The highest BCUT2D eigenvalue weighted by molar-refractivity contribution is 7.89. The predicted molar refractivity (Wildman–Crippen MR) is 117 cm³/mol. The SMILES string of the molecule is [O-][S+](N[C@@H]1CCN(Cc2ccc(OC3CCOCC3)cc2)C1)c1cccc(OC(F)(F)F)c1. The summed E-state index contributed by atoms with van der Waals surface area (Å²) in [5.41, 5.74) is 1.16. The number of ether oxygens (including phenoxy) is 3. The third-order valence-electron chi connectivity index (χ3n) is 5.60. The number of likely N-dealkylation sites (tertiary alicyclic amines) is 1. The van der Waals surface area contributed by atoms with Gasteiger partial charge in [-0.25, -0.2) is 0 Å². The summed E-state index contributed by atoms with van der Waals surface area (Å²) in [6.45, 7) is 3.78. The van der Waals surface area contributed by atoms with Crippen molar-refractivity contribution < 1.29 is 31.9 Å². The molecule has 2 aromatic rings. The zero-order valence-corrected chi connectivity index (χ0v) is 18.9. The molecule has 0 amide bonds. The number of alkyl halides is 3. The Kier molecular flexibility index (Phi) is 8.02. The molecule has 2 atom stereocenters. The summed E-state index contributed by atoms with van der Waals surface area (Å²) in [4.78, 5) is 2.50. The first kappa shape index (κ1) is 24.2. The second-order valence-corrected chi connectivity index (χ2v) is 9.45. The summed E-state index contributed by atoms with van der Waals surface area (Å²) in [5, 5.41) is 0. The van der Waals surface area contributed by atoms with Crippen LogP contribution in [0.2, 0.25) is 0 Å². The average molecular weight is 485 g/mol. The quantitative estimate of drug-likeness (QED) is 0.571. The van der Waals surface area contributed by atoms with Crippen LogP contribution in [-0.2, 0) is 22.6 Å². The van der Waals surface area contributed by atoms with E-state index < -0.39 is 17.7 Å². The Morgan fingerprint density at radius 3 is 2.55 bits per heavy atom. The van der Waals surface area contributed by atoms with Crippen LogP contribution in [0.5, 0.6) is 11.5 Å². The maximum Gasteiger partial charge on any atom is 0.573 e. The van der Waals surface area contributed by atoms with Gasteiger partial charge in [-0.05, 0) is 36.2 Å². The Morgan fingerprint density at radius 2 is 1.82 bits per heavy atom. The first-order valence-corrected chi connectivity index (χ1v) is 12.1. The summed E-state index contributed by atoms with van der Waals surface area (Å²) in [5.74, 6) is 0.478. The second-order valence-electron chi connectivity index (χ2n) is 8.20. The fourth-order valence-electron chi connectivity index (χ4n) is 4.00. The molecular weight excluding hydrogens is 457 g/mol. The Morgan fingerprint density at radius 1 is 1.06 bits per heavy atom. The fourth-order valence-corrected chi connectivity index (χ4v) is 5.05. The lowest BCUT2D eigenvalue weighted by Crippen LogP contribution is -2.37. The summed E-state index contributed by atoms with van der Waals surface area (Å²) in [6, 6.07) is 13.3. The van der Waals surface area contributed by atoms with Gasteiger partial charge in [0.2, 0.25) is 0 Å². The molecule has 1 N–H and O–H groups in total. The van der Waals surface area contributed by atoms with Gasteiger partial charge in [0.05, 0.1) is 30.6 Å². The van der Waals surface area contributed by atoms with Crippen molar-refractivity contribution in [3.05, 3.63) is 54.1 Å². The van der Waals surface area contributed by atoms with Gasteiger partial charge < -0.3 is 18.8 Å². The van der Waals surface area contributed by atoms with E-state index in [-0.39, 0.29) is 22.8 Å². The number of nitrogens with one attached hydrogen (secondary N) is 1. The minimum Gasteiger partial charge on any atom is -0.593 e. The second kappa shape index (κ2) is 11.0. The number of hydrogen-bond donors (Lipinski definition) is 1. The van der Waals surface area contributed by atoms with E-state index in [1.807, 2.05) is 12.1 Å². The normalized spacial score (nSPS) is 21.2. The van der Waals surface area contributed by atoms with Gasteiger partial charge in [0.1, 0.15) is 17.6 Å². The minimum atomic E-state index is -4.78. The smallest absolute Gasteiger partial charge is 0.573 e. The monoisotopic (exact) mass is 484 g/mol.